The molecule has 0 spiro atoms. The van der Waals surface area contributed by atoms with E-state index >= 15 is 0 Å². The predicted molar refractivity (Wildman–Crippen MR) is 73.9 cm³/mol. The number of aldehydes is 1. The number of aryl methyl sites for hydroxylation is 1. The van der Waals surface area contributed by atoms with Gasteiger partial charge < -0.3 is 4.90 Å². The van der Waals surface area contributed by atoms with E-state index in [0.717, 1.165) is 29.6 Å². The summed E-state index contributed by atoms with van der Waals surface area (Å²) in [6.45, 7) is 13.1. The van der Waals surface area contributed by atoms with Gasteiger partial charge >= 0.3 is 0 Å². The van der Waals surface area contributed by atoms with Crippen LogP contribution in [-0.2, 0) is 0 Å². The lowest BCUT2D eigenvalue weighted by molar-refractivity contribution is 0.112. The van der Waals surface area contributed by atoms with Gasteiger partial charge in [-0.25, -0.2) is 0 Å². The quantitative estimate of drug-likeness (QED) is 0.583. The smallest absolute Gasteiger partial charge is 0.150 e. The minimum absolute atomic E-state index is 0.0294. The summed E-state index contributed by atoms with van der Waals surface area (Å²) in [5.74, 6) is 0. The number of carbonyl (C=O) groups excluding carboxylic acids is 1. The standard InChI is InChI=1S/C15H21NO/c1-6-9-16(15(3,4)5)14-8-7-13(11-17)10-12(14)2/h6-8,10-11H,1,9H2,2-5H3. The third kappa shape index (κ3) is 3.19. The normalized spacial score (nSPS) is 11.1. The number of hydrogen-bond donors (Lipinski definition) is 0. The van der Waals surface area contributed by atoms with Gasteiger partial charge in [-0.05, 0) is 51.5 Å². The van der Waals surface area contributed by atoms with Gasteiger partial charge in [0, 0.05) is 23.3 Å². The molecule has 0 amide bonds. The molecule has 0 aliphatic heterocycles. The number of nitrogens with zero attached hydrogens (tertiary/aromatic N) is 1. The first-order chi connectivity index (χ1) is 7.90. The van der Waals surface area contributed by atoms with E-state index in [2.05, 4.69) is 32.3 Å². The first-order valence-electron chi connectivity index (χ1n) is 5.84. The zero-order chi connectivity index (χ0) is 13.1. The number of rotatable bonds is 4. The Morgan fingerprint density at radius 2 is 2.00 bits per heavy atom. The monoisotopic (exact) mass is 231 g/mol. The molecule has 0 bridgehead atoms. The molecule has 1 aromatic rings. The number of anilines is 1. The molecule has 0 fully saturated rings. The number of carbonyl (C=O) groups is 1. The second-order valence-electron chi connectivity index (χ2n) is 5.23. The Balaban J connectivity index is 3.19. The van der Waals surface area contributed by atoms with Crippen molar-refractivity contribution in [2.45, 2.75) is 33.2 Å². The fourth-order valence-corrected chi connectivity index (χ4v) is 1.92. The summed E-state index contributed by atoms with van der Waals surface area (Å²) >= 11 is 0. The molecule has 0 atom stereocenters. The van der Waals surface area contributed by atoms with Gasteiger partial charge in [0.15, 0.2) is 0 Å². The van der Waals surface area contributed by atoms with Crippen LogP contribution in [0.2, 0.25) is 0 Å². The molecule has 2 nitrogen and oxygen atoms in total. The maximum absolute atomic E-state index is 10.7. The lowest BCUT2D eigenvalue weighted by Gasteiger charge is -2.38. The minimum atomic E-state index is 0.0294. The van der Waals surface area contributed by atoms with Crippen molar-refractivity contribution in [3.63, 3.8) is 0 Å². The first kappa shape index (κ1) is 13.5. The summed E-state index contributed by atoms with van der Waals surface area (Å²) in [6.07, 6.45) is 2.78. The first-order valence-corrected chi connectivity index (χ1v) is 5.84. The molecule has 17 heavy (non-hydrogen) atoms. The highest BCUT2D eigenvalue weighted by Gasteiger charge is 2.21. The molecular formula is C15H21NO. The van der Waals surface area contributed by atoms with Crippen molar-refractivity contribution in [2.24, 2.45) is 0 Å². The van der Waals surface area contributed by atoms with Crippen LogP contribution in [0.3, 0.4) is 0 Å². The van der Waals surface area contributed by atoms with Gasteiger partial charge in [0.1, 0.15) is 6.29 Å². The Hall–Kier alpha value is -1.57. The van der Waals surface area contributed by atoms with E-state index < -0.39 is 0 Å². The van der Waals surface area contributed by atoms with Crippen molar-refractivity contribution in [1.29, 1.82) is 0 Å². The van der Waals surface area contributed by atoms with Crippen molar-refractivity contribution < 1.29 is 4.79 Å². The fourth-order valence-electron chi connectivity index (χ4n) is 1.92. The van der Waals surface area contributed by atoms with Crippen LogP contribution in [0.5, 0.6) is 0 Å². The zero-order valence-electron chi connectivity index (χ0n) is 11.2. The maximum Gasteiger partial charge on any atom is 0.150 e. The van der Waals surface area contributed by atoms with Gasteiger partial charge in [-0.15, -0.1) is 6.58 Å². The molecule has 0 saturated heterocycles. The number of benzene rings is 1. The van der Waals surface area contributed by atoms with E-state index in [0.29, 0.717) is 0 Å². The topological polar surface area (TPSA) is 20.3 Å². The summed E-state index contributed by atoms with van der Waals surface area (Å²) in [4.78, 5) is 13.0. The Morgan fingerprint density at radius 3 is 2.41 bits per heavy atom. The van der Waals surface area contributed by atoms with Gasteiger partial charge in [0.2, 0.25) is 0 Å². The Morgan fingerprint density at radius 1 is 1.35 bits per heavy atom. The van der Waals surface area contributed by atoms with Crippen LogP contribution in [0.1, 0.15) is 36.7 Å². The van der Waals surface area contributed by atoms with Crippen molar-refractivity contribution in [1.82, 2.24) is 0 Å². The Labute approximate surface area is 104 Å². The molecule has 0 radical (unpaired) electrons. The highest BCUT2D eigenvalue weighted by Crippen LogP contribution is 2.27. The minimum Gasteiger partial charge on any atom is -0.363 e. The van der Waals surface area contributed by atoms with E-state index in [1.807, 2.05) is 31.2 Å². The molecule has 0 aliphatic carbocycles. The largest absolute Gasteiger partial charge is 0.363 e. The van der Waals surface area contributed by atoms with Crippen LogP contribution < -0.4 is 4.90 Å². The third-order valence-electron chi connectivity index (χ3n) is 2.77. The van der Waals surface area contributed by atoms with E-state index in [-0.39, 0.29) is 5.54 Å². The van der Waals surface area contributed by atoms with Crippen molar-refractivity contribution in [3.05, 3.63) is 42.0 Å². The molecule has 92 valence electrons. The molecule has 0 aliphatic rings. The summed E-state index contributed by atoms with van der Waals surface area (Å²) in [7, 11) is 0. The molecule has 0 N–H and O–H groups in total. The highest BCUT2D eigenvalue weighted by molar-refractivity contribution is 5.77. The van der Waals surface area contributed by atoms with Crippen LogP contribution in [0.15, 0.2) is 30.9 Å². The van der Waals surface area contributed by atoms with Crippen molar-refractivity contribution >= 4 is 12.0 Å². The van der Waals surface area contributed by atoms with E-state index in [1.54, 1.807) is 0 Å². The average molecular weight is 231 g/mol. The number of hydrogen-bond acceptors (Lipinski definition) is 2. The second kappa shape index (κ2) is 5.17. The molecule has 1 aromatic carbocycles. The molecular weight excluding hydrogens is 210 g/mol. The summed E-state index contributed by atoms with van der Waals surface area (Å²) in [5.41, 5.74) is 3.02. The lowest BCUT2D eigenvalue weighted by atomic mass is 10.0. The summed E-state index contributed by atoms with van der Waals surface area (Å²) < 4.78 is 0. The van der Waals surface area contributed by atoms with E-state index in [1.165, 1.54) is 0 Å². The van der Waals surface area contributed by atoms with Crippen molar-refractivity contribution in [2.75, 3.05) is 11.4 Å². The summed E-state index contributed by atoms with van der Waals surface area (Å²) in [6, 6.07) is 5.79. The molecule has 1 rings (SSSR count). The van der Waals surface area contributed by atoms with Crippen LogP contribution in [0, 0.1) is 6.92 Å². The van der Waals surface area contributed by atoms with Crippen LogP contribution >= 0.6 is 0 Å². The molecule has 0 heterocycles. The fraction of sp³-hybridized carbons (Fsp3) is 0.400. The lowest BCUT2D eigenvalue weighted by Crippen LogP contribution is -2.42. The Bertz CT molecular complexity index is 415. The van der Waals surface area contributed by atoms with Gasteiger partial charge in [-0.3, -0.25) is 4.79 Å². The predicted octanol–water partition coefficient (Wildman–Crippen LogP) is 3.60. The van der Waals surface area contributed by atoms with Crippen LogP contribution in [0.25, 0.3) is 0 Å². The molecule has 2 heteroatoms. The Kier molecular flexibility index (Phi) is 4.11. The van der Waals surface area contributed by atoms with Gasteiger partial charge in [0.25, 0.3) is 0 Å². The van der Waals surface area contributed by atoms with Gasteiger partial charge in [-0.1, -0.05) is 6.08 Å². The van der Waals surface area contributed by atoms with Crippen LogP contribution in [0.4, 0.5) is 5.69 Å². The second-order valence-corrected chi connectivity index (χ2v) is 5.23. The third-order valence-corrected chi connectivity index (χ3v) is 2.77. The average Bonchev–Trinajstić information content (AvgIpc) is 2.25. The van der Waals surface area contributed by atoms with Crippen molar-refractivity contribution in [3.8, 4) is 0 Å². The molecule has 0 saturated carbocycles. The summed E-state index contributed by atoms with van der Waals surface area (Å²) in [5, 5.41) is 0. The molecule has 0 aromatic heterocycles. The zero-order valence-corrected chi connectivity index (χ0v) is 11.2. The van der Waals surface area contributed by atoms with E-state index in [4.69, 9.17) is 0 Å². The molecule has 0 unspecified atom stereocenters. The van der Waals surface area contributed by atoms with Crippen LogP contribution in [-0.4, -0.2) is 18.4 Å². The van der Waals surface area contributed by atoms with Gasteiger partial charge in [0.05, 0.1) is 0 Å². The SMILES string of the molecule is C=CCN(c1ccc(C=O)cc1C)C(C)(C)C. The maximum atomic E-state index is 10.7. The van der Waals surface area contributed by atoms with Gasteiger partial charge in [-0.2, -0.15) is 0 Å². The van der Waals surface area contributed by atoms with E-state index in [9.17, 15) is 4.79 Å². The highest BCUT2D eigenvalue weighted by atomic mass is 16.1.